The highest BCUT2D eigenvalue weighted by atomic mass is 32.2. The first-order valence-corrected chi connectivity index (χ1v) is 11.9. The maximum absolute atomic E-state index is 12.7. The molecule has 1 heterocycles. The van der Waals surface area contributed by atoms with E-state index < -0.39 is 0 Å². The second-order valence-corrected chi connectivity index (χ2v) is 8.68. The molecule has 0 atom stereocenters. The van der Waals surface area contributed by atoms with Crippen LogP contribution in [-0.4, -0.2) is 58.6 Å². The van der Waals surface area contributed by atoms with Gasteiger partial charge in [0.25, 0.3) is 0 Å². The highest BCUT2D eigenvalue weighted by molar-refractivity contribution is 7.99. The first-order chi connectivity index (χ1) is 15.6. The number of rotatable bonds is 11. The van der Waals surface area contributed by atoms with Gasteiger partial charge in [0.15, 0.2) is 11.0 Å². The number of hydrogen-bond acceptors (Lipinski definition) is 6. The first kappa shape index (κ1) is 23.9. The predicted octanol–water partition coefficient (Wildman–Crippen LogP) is 4.76. The molecule has 1 aromatic heterocycles. The monoisotopic (exact) mass is 456 g/mol. The minimum atomic E-state index is 0.0255. The Morgan fingerprint density at radius 1 is 1.09 bits per heavy atom. The minimum absolute atomic E-state index is 0.0255. The van der Waals surface area contributed by atoms with E-state index in [1.54, 1.807) is 31.3 Å². The summed E-state index contributed by atoms with van der Waals surface area (Å²) in [5.41, 5.74) is 0.886. The molecule has 3 rings (SSSR count). The van der Waals surface area contributed by atoms with E-state index in [-0.39, 0.29) is 11.7 Å². The molecule has 1 saturated carbocycles. The molecule has 0 unspecified atom stereocenters. The fourth-order valence-corrected chi connectivity index (χ4v) is 4.89. The highest BCUT2D eigenvalue weighted by Gasteiger charge is 2.25. The lowest BCUT2D eigenvalue weighted by atomic mass is 9.95. The lowest BCUT2D eigenvalue weighted by Gasteiger charge is -2.26. The van der Waals surface area contributed by atoms with Crippen LogP contribution >= 0.6 is 11.8 Å². The molecule has 172 valence electrons. The second kappa shape index (κ2) is 11.8. The van der Waals surface area contributed by atoms with E-state index in [0.717, 1.165) is 29.4 Å². The number of carbonyl (C=O) groups is 1. The van der Waals surface area contributed by atoms with Crippen molar-refractivity contribution in [2.45, 2.75) is 43.3 Å². The van der Waals surface area contributed by atoms with Gasteiger partial charge in [-0.2, -0.15) is 0 Å². The van der Waals surface area contributed by atoms with Gasteiger partial charge in [0, 0.05) is 30.8 Å². The smallest absolute Gasteiger partial charge is 0.233 e. The van der Waals surface area contributed by atoms with Crippen molar-refractivity contribution in [1.29, 1.82) is 0 Å². The summed E-state index contributed by atoms with van der Waals surface area (Å²) in [4.78, 5) is 14.5. The number of amides is 1. The molecule has 32 heavy (non-hydrogen) atoms. The number of benzene rings is 1. The molecule has 1 aliphatic carbocycles. The molecule has 1 aromatic carbocycles. The zero-order valence-corrected chi connectivity index (χ0v) is 19.8. The standard InChI is InChI=1S/C24H32N4O3S/c1-5-12-27(13-6-2)22(29)17-32-24-26-25-23(28(24)19-10-8-7-9-11-19)18-14-20(30-3)16-21(15-18)31-4/h5-6,14-16,19H,1-2,7-13,17H2,3-4H3. The van der Waals surface area contributed by atoms with Gasteiger partial charge in [-0.3, -0.25) is 9.36 Å². The van der Waals surface area contributed by atoms with Gasteiger partial charge in [0.2, 0.25) is 5.91 Å². The number of methoxy groups -OCH3 is 2. The van der Waals surface area contributed by atoms with Crippen LogP contribution in [0.4, 0.5) is 0 Å². The Morgan fingerprint density at radius 3 is 2.28 bits per heavy atom. The van der Waals surface area contributed by atoms with Crippen molar-refractivity contribution in [1.82, 2.24) is 19.7 Å². The van der Waals surface area contributed by atoms with E-state index in [0.29, 0.717) is 30.6 Å². The summed E-state index contributed by atoms with van der Waals surface area (Å²) < 4.78 is 13.1. The van der Waals surface area contributed by atoms with Gasteiger partial charge in [-0.05, 0) is 25.0 Å². The van der Waals surface area contributed by atoms with E-state index in [4.69, 9.17) is 9.47 Å². The maximum Gasteiger partial charge on any atom is 0.233 e. The number of hydrogen-bond donors (Lipinski definition) is 0. The van der Waals surface area contributed by atoms with Crippen LogP contribution in [0.25, 0.3) is 11.4 Å². The highest BCUT2D eigenvalue weighted by Crippen LogP contribution is 2.37. The molecule has 1 amide bonds. The van der Waals surface area contributed by atoms with Crippen LogP contribution in [0.15, 0.2) is 48.7 Å². The molecular formula is C24H32N4O3S. The van der Waals surface area contributed by atoms with Crippen molar-refractivity contribution < 1.29 is 14.3 Å². The summed E-state index contributed by atoms with van der Waals surface area (Å²) in [5.74, 6) is 2.49. The van der Waals surface area contributed by atoms with Crippen LogP contribution in [0.3, 0.4) is 0 Å². The van der Waals surface area contributed by atoms with Crippen molar-refractivity contribution in [3.8, 4) is 22.9 Å². The first-order valence-electron chi connectivity index (χ1n) is 10.9. The zero-order chi connectivity index (χ0) is 22.9. The van der Waals surface area contributed by atoms with Crippen molar-refractivity contribution in [3.05, 3.63) is 43.5 Å². The molecule has 0 bridgehead atoms. The van der Waals surface area contributed by atoms with E-state index in [9.17, 15) is 4.79 Å². The van der Waals surface area contributed by atoms with E-state index in [2.05, 4.69) is 27.9 Å². The summed E-state index contributed by atoms with van der Waals surface area (Å²) in [6.45, 7) is 8.48. The van der Waals surface area contributed by atoms with Gasteiger partial charge in [0.05, 0.1) is 20.0 Å². The maximum atomic E-state index is 12.7. The Kier molecular flexibility index (Phi) is 8.79. The molecule has 1 fully saturated rings. The van der Waals surface area contributed by atoms with Crippen LogP contribution in [0.2, 0.25) is 0 Å². The van der Waals surface area contributed by atoms with Crippen molar-refractivity contribution >= 4 is 17.7 Å². The minimum Gasteiger partial charge on any atom is -0.497 e. The fraction of sp³-hybridized carbons (Fsp3) is 0.458. The van der Waals surface area contributed by atoms with Gasteiger partial charge in [-0.25, -0.2) is 0 Å². The van der Waals surface area contributed by atoms with Crippen LogP contribution < -0.4 is 9.47 Å². The number of thioether (sulfide) groups is 1. The molecule has 1 aliphatic rings. The number of aromatic nitrogens is 3. The quantitative estimate of drug-likeness (QED) is 0.359. The van der Waals surface area contributed by atoms with Crippen LogP contribution in [0.5, 0.6) is 11.5 Å². The zero-order valence-electron chi connectivity index (χ0n) is 19.0. The summed E-state index contributed by atoms with van der Waals surface area (Å²) in [5, 5.41) is 9.78. The van der Waals surface area contributed by atoms with E-state index in [1.165, 1.54) is 31.0 Å². The van der Waals surface area contributed by atoms with E-state index >= 15 is 0 Å². The van der Waals surface area contributed by atoms with E-state index in [1.807, 2.05) is 18.2 Å². The van der Waals surface area contributed by atoms with Gasteiger partial charge in [-0.15, -0.1) is 23.4 Å². The largest absolute Gasteiger partial charge is 0.497 e. The van der Waals surface area contributed by atoms with Gasteiger partial charge >= 0.3 is 0 Å². The van der Waals surface area contributed by atoms with Crippen molar-refractivity contribution in [2.24, 2.45) is 0 Å². The Bertz CT molecular complexity index is 905. The van der Waals surface area contributed by atoms with Crippen LogP contribution in [-0.2, 0) is 4.79 Å². The Hall–Kier alpha value is -2.74. The van der Waals surface area contributed by atoms with Crippen LogP contribution in [0.1, 0.15) is 38.1 Å². The third kappa shape index (κ3) is 5.73. The SMILES string of the molecule is C=CCN(CC=C)C(=O)CSc1nnc(-c2cc(OC)cc(OC)c2)n1C1CCCCC1. The number of ether oxygens (including phenoxy) is 2. The molecule has 8 heteroatoms. The molecule has 0 saturated heterocycles. The normalized spacial score (nSPS) is 14.1. The van der Waals surface area contributed by atoms with Gasteiger partial charge < -0.3 is 14.4 Å². The van der Waals surface area contributed by atoms with Crippen molar-refractivity contribution in [2.75, 3.05) is 33.1 Å². The average molecular weight is 457 g/mol. The summed E-state index contributed by atoms with van der Waals surface area (Å²) in [7, 11) is 3.27. The lowest BCUT2D eigenvalue weighted by Crippen LogP contribution is -2.32. The lowest BCUT2D eigenvalue weighted by molar-refractivity contribution is -0.127. The summed E-state index contributed by atoms with van der Waals surface area (Å²) in [6, 6.07) is 6.04. The fourth-order valence-electron chi connectivity index (χ4n) is 3.98. The molecule has 0 spiro atoms. The Morgan fingerprint density at radius 2 is 1.72 bits per heavy atom. The topological polar surface area (TPSA) is 69.5 Å². The van der Waals surface area contributed by atoms with Gasteiger partial charge in [-0.1, -0.05) is 43.2 Å². The Balaban J connectivity index is 1.92. The molecule has 0 aliphatic heterocycles. The molecular weight excluding hydrogens is 424 g/mol. The molecule has 0 radical (unpaired) electrons. The second-order valence-electron chi connectivity index (χ2n) is 7.73. The number of carbonyl (C=O) groups excluding carboxylic acids is 1. The average Bonchev–Trinajstić information content (AvgIpc) is 3.26. The number of nitrogens with zero attached hydrogens (tertiary/aromatic N) is 4. The summed E-state index contributed by atoms with van der Waals surface area (Å²) >= 11 is 1.43. The molecule has 0 N–H and O–H groups in total. The third-order valence-corrected chi connectivity index (χ3v) is 6.52. The third-order valence-electron chi connectivity index (χ3n) is 5.59. The molecule has 7 nitrogen and oxygen atoms in total. The summed E-state index contributed by atoms with van der Waals surface area (Å²) in [6.07, 6.45) is 9.22. The van der Waals surface area contributed by atoms with Crippen molar-refractivity contribution in [3.63, 3.8) is 0 Å². The Labute approximate surface area is 194 Å². The van der Waals surface area contributed by atoms with Gasteiger partial charge in [0.1, 0.15) is 11.5 Å². The predicted molar refractivity (Wildman–Crippen MR) is 128 cm³/mol. The molecule has 2 aromatic rings. The van der Waals surface area contributed by atoms with Crippen LogP contribution in [0, 0.1) is 0 Å².